The normalized spacial score (nSPS) is 20.2. The van der Waals surface area contributed by atoms with Crippen LogP contribution in [0.2, 0.25) is 0 Å². The molecule has 3 aromatic rings. The summed E-state index contributed by atoms with van der Waals surface area (Å²) in [4.78, 5) is 57.4. The second kappa shape index (κ2) is 13.0. The van der Waals surface area contributed by atoms with Gasteiger partial charge in [-0.3, -0.25) is 4.79 Å². The van der Waals surface area contributed by atoms with Gasteiger partial charge in [0.2, 0.25) is 11.9 Å². The monoisotopic (exact) mass is 616 g/mol. The quantitative estimate of drug-likeness (QED) is 0.358. The maximum absolute atomic E-state index is 13.0. The number of aliphatic carboxylic acids is 1. The van der Waals surface area contributed by atoms with Crippen molar-refractivity contribution in [3.63, 3.8) is 0 Å². The third-order valence-electron chi connectivity index (χ3n) is 8.34. The van der Waals surface area contributed by atoms with E-state index in [0.29, 0.717) is 107 Å². The van der Waals surface area contributed by atoms with E-state index in [-0.39, 0.29) is 5.91 Å². The molecule has 1 atom stereocenters. The molecule has 0 aliphatic carbocycles. The van der Waals surface area contributed by atoms with Gasteiger partial charge in [-0.15, -0.1) is 0 Å². The lowest BCUT2D eigenvalue weighted by atomic mass is 9.98. The van der Waals surface area contributed by atoms with Gasteiger partial charge in [0, 0.05) is 55.2 Å². The zero-order valence-corrected chi connectivity index (χ0v) is 25.1. The fraction of sp³-hybridized carbons (Fsp3) is 0.419. The van der Waals surface area contributed by atoms with Crippen molar-refractivity contribution >= 4 is 41.2 Å². The molecule has 0 bridgehead atoms. The molecule has 1 aromatic heterocycles. The highest BCUT2D eigenvalue weighted by Gasteiger charge is 2.46. The molecule has 2 aromatic carbocycles. The SMILES string of the molecule is C[C@@]1(C(=O)O)CCCN1C(=O)c1ccc(NC(=O)Nc2ccc(-c3nc(N4CCOCC4)nc(N4CCOCC4)n3)cc2)cc1. The maximum atomic E-state index is 13.0. The first-order chi connectivity index (χ1) is 21.8. The minimum absolute atomic E-state index is 0.346. The number of urea groups is 1. The molecule has 3 N–H and O–H groups in total. The van der Waals surface area contributed by atoms with Crippen molar-refractivity contribution in [1.82, 2.24) is 19.9 Å². The molecule has 0 spiro atoms. The van der Waals surface area contributed by atoms with Crippen LogP contribution >= 0.6 is 0 Å². The third kappa shape index (κ3) is 6.66. The molecule has 3 amide bonds. The number of rotatable bonds is 7. The minimum atomic E-state index is -1.22. The number of morpholine rings is 2. The summed E-state index contributed by atoms with van der Waals surface area (Å²) >= 11 is 0. The number of carbonyl (C=O) groups excluding carboxylic acids is 2. The number of nitrogens with zero attached hydrogens (tertiary/aromatic N) is 6. The highest BCUT2D eigenvalue weighted by Crippen LogP contribution is 2.31. The zero-order valence-electron chi connectivity index (χ0n) is 25.1. The number of amides is 3. The van der Waals surface area contributed by atoms with Crippen molar-refractivity contribution in [2.24, 2.45) is 0 Å². The number of hydrogen-bond donors (Lipinski definition) is 3. The molecule has 14 heteroatoms. The molecule has 0 saturated carbocycles. The Hall–Kier alpha value is -4.82. The molecule has 3 saturated heterocycles. The Labute approximate surface area is 260 Å². The topological polar surface area (TPSA) is 162 Å². The highest BCUT2D eigenvalue weighted by molar-refractivity contribution is 6.01. The summed E-state index contributed by atoms with van der Waals surface area (Å²) in [6.45, 7) is 7.22. The van der Waals surface area contributed by atoms with E-state index < -0.39 is 17.5 Å². The summed E-state index contributed by atoms with van der Waals surface area (Å²) in [7, 11) is 0. The molecule has 3 fully saturated rings. The summed E-state index contributed by atoms with van der Waals surface area (Å²) in [5, 5.41) is 15.2. The van der Waals surface area contributed by atoms with E-state index in [9.17, 15) is 19.5 Å². The van der Waals surface area contributed by atoms with Crippen molar-refractivity contribution < 1.29 is 29.0 Å². The average Bonchev–Trinajstić information content (AvgIpc) is 3.48. The predicted molar refractivity (Wildman–Crippen MR) is 167 cm³/mol. The minimum Gasteiger partial charge on any atom is -0.480 e. The Balaban J connectivity index is 1.11. The summed E-state index contributed by atoms with van der Waals surface area (Å²) in [5.41, 5.74) is 0.978. The molecule has 3 aliphatic rings. The van der Waals surface area contributed by atoms with Crippen LogP contribution in [-0.4, -0.2) is 108 Å². The zero-order chi connectivity index (χ0) is 31.4. The van der Waals surface area contributed by atoms with E-state index in [1.54, 1.807) is 43.3 Å². The van der Waals surface area contributed by atoms with Gasteiger partial charge in [0.1, 0.15) is 5.54 Å². The standard InChI is InChI=1S/C31H36N8O6/c1-31(27(41)42)11-2-12-39(31)26(40)22-5-9-24(10-6-22)33-30(43)32-23-7-3-21(4-8-23)25-34-28(37-13-17-44-18-14-37)36-29(35-25)38-15-19-45-20-16-38/h3-10H,2,11-20H2,1H3,(H,41,42)(H2,32,33,43)/t31-/m0/s1. The van der Waals surface area contributed by atoms with Crippen molar-refractivity contribution in [3.8, 4) is 11.4 Å². The van der Waals surface area contributed by atoms with Crippen LogP contribution in [0.5, 0.6) is 0 Å². The Kier molecular flexibility index (Phi) is 8.76. The van der Waals surface area contributed by atoms with Gasteiger partial charge in [0.15, 0.2) is 5.82 Å². The van der Waals surface area contributed by atoms with E-state index in [2.05, 4.69) is 20.4 Å². The molecule has 236 valence electrons. The third-order valence-corrected chi connectivity index (χ3v) is 8.34. The fourth-order valence-corrected chi connectivity index (χ4v) is 5.65. The number of ether oxygens (including phenoxy) is 2. The summed E-state index contributed by atoms with van der Waals surface area (Å²) in [6, 6.07) is 13.2. The number of aromatic nitrogens is 3. The van der Waals surface area contributed by atoms with Crippen LogP contribution in [-0.2, 0) is 14.3 Å². The van der Waals surface area contributed by atoms with Gasteiger partial charge >= 0.3 is 12.0 Å². The second-order valence-electron chi connectivity index (χ2n) is 11.3. The molecule has 45 heavy (non-hydrogen) atoms. The number of carbonyl (C=O) groups is 3. The Bertz CT molecular complexity index is 1500. The van der Waals surface area contributed by atoms with Crippen molar-refractivity contribution in [2.45, 2.75) is 25.3 Å². The van der Waals surface area contributed by atoms with Gasteiger partial charge in [-0.2, -0.15) is 15.0 Å². The molecular formula is C31H36N8O6. The summed E-state index contributed by atoms with van der Waals surface area (Å²) in [6.07, 6.45) is 1.05. The molecule has 6 rings (SSSR count). The molecule has 14 nitrogen and oxygen atoms in total. The smallest absolute Gasteiger partial charge is 0.329 e. The average molecular weight is 617 g/mol. The van der Waals surface area contributed by atoms with Crippen LogP contribution < -0.4 is 20.4 Å². The Morgan fingerprint density at radius 3 is 1.78 bits per heavy atom. The van der Waals surface area contributed by atoms with E-state index in [1.807, 2.05) is 12.1 Å². The largest absolute Gasteiger partial charge is 0.480 e. The molecular weight excluding hydrogens is 580 g/mol. The first-order valence-corrected chi connectivity index (χ1v) is 15.1. The number of hydrogen-bond acceptors (Lipinski definition) is 10. The summed E-state index contributed by atoms with van der Waals surface area (Å²) in [5.74, 6) is 0.392. The van der Waals surface area contributed by atoms with Gasteiger partial charge < -0.3 is 39.9 Å². The van der Waals surface area contributed by atoms with Crippen molar-refractivity contribution in [2.75, 3.05) is 79.6 Å². The van der Waals surface area contributed by atoms with Crippen LogP contribution in [0.15, 0.2) is 48.5 Å². The molecule has 0 radical (unpaired) electrons. The molecule has 0 unspecified atom stereocenters. The first kappa shape index (κ1) is 30.2. The number of nitrogens with one attached hydrogen (secondary N) is 2. The number of anilines is 4. The van der Waals surface area contributed by atoms with Crippen LogP contribution in [0.25, 0.3) is 11.4 Å². The van der Waals surface area contributed by atoms with Crippen molar-refractivity contribution in [1.29, 1.82) is 0 Å². The first-order valence-electron chi connectivity index (χ1n) is 15.1. The van der Waals surface area contributed by atoms with Gasteiger partial charge in [0.25, 0.3) is 5.91 Å². The molecule has 3 aliphatic heterocycles. The van der Waals surface area contributed by atoms with E-state index >= 15 is 0 Å². The maximum Gasteiger partial charge on any atom is 0.329 e. The van der Waals surface area contributed by atoms with E-state index in [1.165, 1.54) is 4.90 Å². The van der Waals surface area contributed by atoms with Crippen LogP contribution in [0.1, 0.15) is 30.1 Å². The lowest BCUT2D eigenvalue weighted by Gasteiger charge is -2.31. The lowest BCUT2D eigenvalue weighted by molar-refractivity contribution is -0.147. The Morgan fingerprint density at radius 2 is 1.27 bits per heavy atom. The van der Waals surface area contributed by atoms with Crippen molar-refractivity contribution in [3.05, 3.63) is 54.1 Å². The van der Waals surface area contributed by atoms with Crippen LogP contribution in [0.4, 0.5) is 28.1 Å². The number of carboxylic acids is 1. The number of carboxylic acid groups (broad SMARTS) is 1. The predicted octanol–water partition coefficient (Wildman–Crippen LogP) is 2.94. The van der Waals surface area contributed by atoms with Gasteiger partial charge in [-0.1, -0.05) is 0 Å². The highest BCUT2D eigenvalue weighted by atomic mass is 16.5. The van der Waals surface area contributed by atoms with E-state index in [4.69, 9.17) is 24.4 Å². The Morgan fingerprint density at radius 1 is 0.756 bits per heavy atom. The lowest BCUT2D eigenvalue weighted by Crippen LogP contribution is -2.50. The number of benzene rings is 2. The second-order valence-corrected chi connectivity index (χ2v) is 11.3. The van der Waals surface area contributed by atoms with Gasteiger partial charge in [-0.05, 0) is 68.3 Å². The van der Waals surface area contributed by atoms with Crippen LogP contribution in [0.3, 0.4) is 0 Å². The van der Waals surface area contributed by atoms with Crippen LogP contribution in [0, 0.1) is 0 Å². The summed E-state index contributed by atoms with van der Waals surface area (Å²) < 4.78 is 11.0. The van der Waals surface area contributed by atoms with Gasteiger partial charge in [0.05, 0.1) is 26.4 Å². The fourth-order valence-electron chi connectivity index (χ4n) is 5.65. The number of likely N-dealkylation sites (tertiary alicyclic amines) is 1. The van der Waals surface area contributed by atoms with Gasteiger partial charge in [-0.25, -0.2) is 9.59 Å². The van der Waals surface area contributed by atoms with E-state index in [0.717, 1.165) is 5.56 Å². The molecule has 4 heterocycles.